The second kappa shape index (κ2) is 4.74. The van der Waals surface area contributed by atoms with Gasteiger partial charge in [0.05, 0.1) is 0 Å². The molecule has 2 heterocycles. The Bertz CT molecular complexity index is 701. The van der Waals surface area contributed by atoms with Gasteiger partial charge in [0, 0.05) is 17.1 Å². The van der Waals surface area contributed by atoms with Gasteiger partial charge in [-0.25, -0.2) is 4.98 Å². The fraction of sp³-hybridized carbons (Fsp3) is 0.0769. The van der Waals surface area contributed by atoms with Crippen LogP contribution in [0.15, 0.2) is 35.8 Å². The van der Waals surface area contributed by atoms with Crippen molar-refractivity contribution in [3.63, 3.8) is 0 Å². The molecule has 0 atom stereocenters. The molecule has 0 fully saturated rings. The summed E-state index contributed by atoms with van der Waals surface area (Å²) in [5.74, 6) is 0. The average molecular weight is 270 g/mol. The number of aldehydes is 1. The maximum atomic E-state index is 11.1. The number of hydrogen-bond acceptors (Lipinski definition) is 5. The lowest BCUT2D eigenvalue weighted by Crippen LogP contribution is -1.99. The zero-order valence-corrected chi connectivity index (χ0v) is 11.0. The van der Waals surface area contributed by atoms with Gasteiger partial charge in [-0.2, -0.15) is 4.68 Å². The van der Waals surface area contributed by atoms with Gasteiger partial charge in [0.25, 0.3) is 0 Å². The van der Waals surface area contributed by atoms with E-state index in [0.29, 0.717) is 22.8 Å². The maximum absolute atomic E-state index is 11.1. The van der Waals surface area contributed by atoms with E-state index in [1.807, 2.05) is 36.6 Å². The van der Waals surface area contributed by atoms with Crippen LogP contribution in [0.25, 0.3) is 16.4 Å². The van der Waals surface area contributed by atoms with Crippen molar-refractivity contribution in [1.82, 2.24) is 20.0 Å². The molecular weight excluding hydrogens is 260 g/mol. The topological polar surface area (TPSA) is 60.7 Å². The van der Waals surface area contributed by atoms with Gasteiger partial charge in [-0.15, -0.1) is 16.4 Å². The van der Waals surface area contributed by atoms with E-state index in [1.54, 1.807) is 10.9 Å². The molecule has 3 aromatic rings. The summed E-state index contributed by atoms with van der Waals surface area (Å²) in [6.07, 6.45) is 2.41. The summed E-state index contributed by atoms with van der Waals surface area (Å²) in [6.45, 7) is 2.01. The molecule has 0 aliphatic carbocycles. The van der Waals surface area contributed by atoms with Gasteiger partial charge in [-0.05, 0) is 6.92 Å². The third-order valence-electron chi connectivity index (χ3n) is 2.73. The molecule has 0 aliphatic rings. The molecule has 0 N–H and O–H groups in total. The van der Waals surface area contributed by atoms with Crippen molar-refractivity contribution in [3.05, 3.63) is 47.1 Å². The molecule has 0 saturated carbocycles. The highest BCUT2D eigenvalue weighted by atomic mass is 32.1. The minimum absolute atomic E-state index is 0.319. The lowest BCUT2D eigenvalue weighted by atomic mass is 10.1. The summed E-state index contributed by atoms with van der Waals surface area (Å²) in [7, 11) is 0. The Balaban J connectivity index is 2.21. The first-order valence-electron chi connectivity index (χ1n) is 5.67. The number of aromatic nitrogens is 4. The molecule has 0 amide bonds. The van der Waals surface area contributed by atoms with Crippen LogP contribution in [0.2, 0.25) is 0 Å². The van der Waals surface area contributed by atoms with Gasteiger partial charge >= 0.3 is 0 Å². The molecule has 5 nitrogen and oxygen atoms in total. The number of hydrogen-bond donors (Lipinski definition) is 0. The minimum atomic E-state index is 0.319. The standard InChI is InChI=1S/C13H10N4OS/c1-9-2-4-10(5-3-9)12-11(8-18)15-16-17(12)13-14-6-7-19-13/h2-8H,1H3. The quantitative estimate of drug-likeness (QED) is 0.686. The number of benzene rings is 1. The number of carbonyl (C=O) groups excluding carboxylic acids is 1. The summed E-state index contributed by atoms with van der Waals surface area (Å²) in [4.78, 5) is 15.3. The van der Waals surface area contributed by atoms with Crippen molar-refractivity contribution < 1.29 is 4.79 Å². The molecule has 94 valence electrons. The minimum Gasteiger partial charge on any atom is -0.296 e. The molecule has 1 aromatic carbocycles. The highest BCUT2D eigenvalue weighted by Crippen LogP contribution is 2.25. The normalized spacial score (nSPS) is 10.6. The molecule has 6 heteroatoms. The highest BCUT2D eigenvalue weighted by Gasteiger charge is 2.16. The van der Waals surface area contributed by atoms with E-state index in [-0.39, 0.29) is 0 Å². The molecule has 0 unspecified atom stereocenters. The molecule has 0 aliphatic heterocycles. The smallest absolute Gasteiger partial charge is 0.212 e. The van der Waals surface area contributed by atoms with Crippen LogP contribution in [-0.4, -0.2) is 26.3 Å². The molecule has 3 rings (SSSR count). The third-order valence-corrected chi connectivity index (χ3v) is 3.48. The van der Waals surface area contributed by atoms with E-state index >= 15 is 0 Å². The van der Waals surface area contributed by atoms with Crippen LogP contribution in [0.5, 0.6) is 0 Å². The first-order chi connectivity index (χ1) is 9.29. The lowest BCUT2D eigenvalue weighted by Gasteiger charge is -2.04. The summed E-state index contributed by atoms with van der Waals surface area (Å²) in [5, 5.41) is 10.5. The Morgan fingerprint density at radius 3 is 2.68 bits per heavy atom. The van der Waals surface area contributed by atoms with Crippen molar-refractivity contribution >= 4 is 17.6 Å². The van der Waals surface area contributed by atoms with Crippen molar-refractivity contribution in [2.45, 2.75) is 6.92 Å². The van der Waals surface area contributed by atoms with Crippen LogP contribution in [0.4, 0.5) is 0 Å². The van der Waals surface area contributed by atoms with E-state index < -0.39 is 0 Å². The summed E-state index contributed by atoms with van der Waals surface area (Å²) in [5.41, 5.74) is 3.04. The fourth-order valence-electron chi connectivity index (χ4n) is 1.81. The zero-order valence-electron chi connectivity index (χ0n) is 10.1. The maximum Gasteiger partial charge on any atom is 0.212 e. The SMILES string of the molecule is Cc1ccc(-c2c(C=O)nnn2-c2nccs2)cc1. The summed E-state index contributed by atoms with van der Waals surface area (Å²) >= 11 is 1.45. The first kappa shape index (κ1) is 11.7. The second-order valence-corrected chi connectivity index (χ2v) is 4.91. The van der Waals surface area contributed by atoms with Crippen LogP contribution in [-0.2, 0) is 0 Å². The lowest BCUT2D eigenvalue weighted by molar-refractivity contribution is 0.111. The monoisotopic (exact) mass is 270 g/mol. The molecule has 0 bridgehead atoms. The molecule has 0 radical (unpaired) electrons. The molecular formula is C13H10N4OS. The number of aryl methyl sites for hydroxylation is 1. The molecule has 0 spiro atoms. The Kier molecular flexibility index (Phi) is 2.92. The Morgan fingerprint density at radius 1 is 1.26 bits per heavy atom. The Morgan fingerprint density at radius 2 is 2.05 bits per heavy atom. The number of nitrogens with zero attached hydrogens (tertiary/aromatic N) is 4. The average Bonchev–Trinajstić information content (AvgIpc) is 3.08. The third kappa shape index (κ3) is 2.06. The van der Waals surface area contributed by atoms with Crippen molar-refractivity contribution in [3.8, 4) is 16.4 Å². The van der Waals surface area contributed by atoms with Gasteiger partial charge in [0.1, 0.15) is 5.69 Å². The van der Waals surface area contributed by atoms with Crippen LogP contribution in [0.3, 0.4) is 0 Å². The van der Waals surface area contributed by atoms with Crippen LogP contribution < -0.4 is 0 Å². The predicted octanol–water partition coefficient (Wildman–Crippen LogP) is 2.51. The number of carbonyl (C=O) groups is 1. The zero-order chi connectivity index (χ0) is 13.2. The van der Waals surface area contributed by atoms with Gasteiger partial charge in [-0.1, -0.05) is 35.0 Å². The first-order valence-corrected chi connectivity index (χ1v) is 6.55. The Labute approximate surface area is 113 Å². The molecule has 0 saturated heterocycles. The number of rotatable bonds is 3. The van der Waals surface area contributed by atoms with Gasteiger partial charge in [-0.3, -0.25) is 4.79 Å². The van der Waals surface area contributed by atoms with Gasteiger partial charge < -0.3 is 0 Å². The Hall–Kier alpha value is -2.34. The van der Waals surface area contributed by atoms with Crippen molar-refractivity contribution in [2.24, 2.45) is 0 Å². The number of thiazole rings is 1. The molecule has 2 aromatic heterocycles. The van der Waals surface area contributed by atoms with Crippen LogP contribution >= 0.6 is 11.3 Å². The van der Waals surface area contributed by atoms with Crippen molar-refractivity contribution in [2.75, 3.05) is 0 Å². The summed E-state index contributed by atoms with van der Waals surface area (Å²) < 4.78 is 1.60. The van der Waals surface area contributed by atoms with E-state index in [9.17, 15) is 4.79 Å². The summed E-state index contributed by atoms with van der Waals surface area (Å²) in [6, 6.07) is 7.88. The van der Waals surface area contributed by atoms with Crippen molar-refractivity contribution in [1.29, 1.82) is 0 Å². The van der Waals surface area contributed by atoms with E-state index in [4.69, 9.17) is 0 Å². The van der Waals surface area contributed by atoms with Crippen LogP contribution in [0, 0.1) is 6.92 Å². The largest absolute Gasteiger partial charge is 0.296 e. The van der Waals surface area contributed by atoms with E-state index in [0.717, 1.165) is 11.1 Å². The fourth-order valence-corrected chi connectivity index (χ4v) is 2.40. The van der Waals surface area contributed by atoms with Gasteiger partial charge in [0.2, 0.25) is 5.13 Å². The van der Waals surface area contributed by atoms with E-state index in [1.165, 1.54) is 11.3 Å². The van der Waals surface area contributed by atoms with Gasteiger partial charge in [0.15, 0.2) is 12.0 Å². The molecule has 19 heavy (non-hydrogen) atoms. The predicted molar refractivity (Wildman–Crippen MR) is 72.6 cm³/mol. The van der Waals surface area contributed by atoms with E-state index in [2.05, 4.69) is 15.3 Å². The van der Waals surface area contributed by atoms with Crippen LogP contribution in [0.1, 0.15) is 16.1 Å². The second-order valence-electron chi connectivity index (χ2n) is 4.03. The highest BCUT2D eigenvalue weighted by molar-refractivity contribution is 7.12.